The summed E-state index contributed by atoms with van der Waals surface area (Å²) in [5, 5.41) is 11.2. The van der Waals surface area contributed by atoms with Gasteiger partial charge in [-0.15, -0.1) is 0 Å². The van der Waals surface area contributed by atoms with Crippen molar-refractivity contribution in [3.05, 3.63) is 29.0 Å². The van der Waals surface area contributed by atoms with Gasteiger partial charge in [0.1, 0.15) is 11.6 Å². The van der Waals surface area contributed by atoms with Gasteiger partial charge in [0.05, 0.1) is 5.02 Å². The van der Waals surface area contributed by atoms with Crippen molar-refractivity contribution in [1.82, 2.24) is 5.32 Å². The van der Waals surface area contributed by atoms with E-state index in [1.807, 2.05) is 0 Å². The lowest BCUT2D eigenvalue weighted by Crippen LogP contribution is -2.45. The number of carboxylic acid groups (broad SMARTS) is 1. The second-order valence-electron chi connectivity index (χ2n) is 5.19. The summed E-state index contributed by atoms with van der Waals surface area (Å²) < 4.78 is 18.2. The van der Waals surface area contributed by atoms with Crippen LogP contribution in [-0.2, 0) is 9.59 Å². The maximum Gasteiger partial charge on any atom is 0.303 e. The zero-order valence-electron chi connectivity index (χ0n) is 11.8. The van der Waals surface area contributed by atoms with E-state index in [1.165, 1.54) is 12.1 Å². The van der Waals surface area contributed by atoms with Crippen LogP contribution in [-0.4, -0.2) is 29.1 Å². The molecule has 5 nitrogen and oxygen atoms in total. The molecule has 1 aromatic rings. The molecule has 0 aliphatic rings. The van der Waals surface area contributed by atoms with Crippen molar-refractivity contribution in [1.29, 1.82) is 0 Å². The van der Waals surface area contributed by atoms with Gasteiger partial charge in [-0.25, -0.2) is 4.39 Å². The average Bonchev–Trinajstić information content (AvgIpc) is 2.37. The van der Waals surface area contributed by atoms with Crippen molar-refractivity contribution in [3.8, 4) is 5.75 Å². The first kappa shape index (κ1) is 17.2. The van der Waals surface area contributed by atoms with Crippen LogP contribution in [0.25, 0.3) is 0 Å². The molecule has 0 aliphatic heterocycles. The van der Waals surface area contributed by atoms with Crippen LogP contribution >= 0.6 is 11.6 Å². The minimum Gasteiger partial charge on any atom is -0.484 e. The third-order valence-electron chi connectivity index (χ3n) is 2.70. The molecular weight excluding hydrogens is 301 g/mol. The summed E-state index contributed by atoms with van der Waals surface area (Å²) in [5.41, 5.74) is -0.653. The summed E-state index contributed by atoms with van der Waals surface area (Å²) in [5.74, 6) is -1.61. The van der Waals surface area contributed by atoms with Crippen LogP contribution in [0.1, 0.15) is 26.7 Å². The molecule has 116 valence electrons. The quantitative estimate of drug-likeness (QED) is 0.810. The van der Waals surface area contributed by atoms with E-state index in [0.717, 1.165) is 6.07 Å². The number of hydrogen-bond donors (Lipinski definition) is 2. The Kier molecular flexibility index (Phi) is 5.96. The molecular formula is C14H17ClFNO4. The number of nitrogens with one attached hydrogen (secondary N) is 1. The monoisotopic (exact) mass is 317 g/mol. The molecule has 0 aliphatic carbocycles. The van der Waals surface area contributed by atoms with Gasteiger partial charge in [-0.3, -0.25) is 9.59 Å². The van der Waals surface area contributed by atoms with E-state index in [0.29, 0.717) is 6.42 Å². The van der Waals surface area contributed by atoms with Crippen LogP contribution in [0.15, 0.2) is 18.2 Å². The van der Waals surface area contributed by atoms with Gasteiger partial charge in [0.25, 0.3) is 5.91 Å². The molecule has 1 rings (SSSR count). The predicted octanol–water partition coefficient (Wildman–Crippen LogP) is 2.62. The Morgan fingerprint density at radius 1 is 1.43 bits per heavy atom. The molecule has 21 heavy (non-hydrogen) atoms. The van der Waals surface area contributed by atoms with E-state index in [4.69, 9.17) is 21.4 Å². The van der Waals surface area contributed by atoms with Gasteiger partial charge in [0, 0.05) is 18.0 Å². The first-order valence-electron chi connectivity index (χ1n) is 6.30. The zero-order chi connectivity index (χ0) is 16.0. The van der Waals surface area contributed by atoms with Gasteiger partial charge in [0.2, 0.25) is 0 Å². The van der Waals surface area contributed by atoms with E-state index >= 15 is 0 Å². The summed E-state index contributed by atoms with van der Waals surface area (Å²) in [6.45, 7) is 3.18. The number of benzene rings is 1. The topological polar surface area (TPSA) is 75.6 Å². The minimum absolute atomic E-state index is 0.0400. The van der Waals surface area contributed by atoms with Crippen molar-refractivity contribution >= 4 is 23.5 Å². The Bertz CT molecular complexity index is 534. The molecule has 1 amide bonds. The number of carbonyl (C=O) groups excluding carboxylic acids is 1. The van der Waals surface area contributed by atoms with Crippen LogP contribution < -0.4 is 10.1 Å². The van der Waals surface area contributed by atoms with Crippen molar-refractivity contribution in [3.63, 3.8) is 0 Å². The van der Waals surface area contributed by atoms with Crippen LogP contribution in [0, 0.1) is 5.82 Å². The predicted molar refractivity (Wildman–Crippen MR) is 76.0 cm³/mol. The molecule has 0 spiro atoms. The molecule has 0 bridgehead atoms. The fraction of sp³-hybridized carbons (Fsp3) is 0.429. The van der Waals surface area contributed by atoms with Crippen molar-refractivity contribution < 1.29 is 23.8 Å². The largest absolute Gasteiger partial charge is 0.484 e. The molecule has 0 radical (unpaired) electrons. The molecule has 0 saturated heterocycles. The molecule has 0 heterocycles. The van der Waals surface area contributed by atoms with Crippen LogP contribution in [0.3, 0.4) is 0 Å². The van der Waals surface area contributed by atoms with E-state index in [-0.39, 0.29) is 23.8 Å². The second kappa shape index (κ2) is 7.26. The highest BCUT2D eigenvalue weighted by Crippen LogP contribution is 2.21. The SMILES string of the molecule is CC(C)(CCC(=O)O)NC(=O)COc1ccc(F)c(Cl)c1. The highest BCUT2D eigenvalue weighted by Gasteiger charge is 2.21. The fourth-order valence-corrected chi connectivity index (χ4v) is 1.78. The summed E-state index contributed by atoms with van der Waals surface area (Å²) >= 11 is 5.60. The lowest BCUT2D eigenvalue weighted by atomic mass is 9.98. The maximum atomic E-state index is 13.0. The van der Waals surface area contributed by atoms with Crippen molar-refractivity contribution in [2.24, 2.45) is 0 Å². The molecule has 1 aromatic carbocycles. The highest BCUT2D eigenvalue weighted by molar-refractivity contribution is 6.30. The smallest absolute Gasteiger partial charge is 0.303 e. The summed E-state index contributed by atoms with van der Waals surface area (Å²) in [4.78, 5) is 22.3. The van der Waals surface area contributed by atoms with Crippen LogP contribution in [0.4, 0.5) is 4.39 Å². The molecule has 0 atom stereocenters. The van der Waals surface area contributed by atoms with E-state index in [2.05, 4.69) is 5.32 Å². The summed E-state index contributed by atoms with van der Waals surface area (Å²) in [6, 6.07) is 3.79. The van der Waals surface area contributed by atoms with E-state index in [1.54, 1.807) is 13.8 Å². The third kappa shape index (κ3) is 6.44. The number of hydrogen-bond acceptors (Lipinski definition) is 3. The van der Waals surface area contributed by atoms with Crippen LogP contribution in [0.5, 0.6) is 5.75 Å². The first-order valence-corrected chi connectivity index (χ1v) is 6.68. The van der Waals surface area contributed by atoms with E-state index < -0.39 is 23.2 Å². The Balaban J connectivity index is 2.46. The van der Waals surface area contributed by atoms with Gasteiger partial charge in [0.15, 0.2) is 6.61 Å². The Labute approximate surface area is 127 Å². The fourth-order valence-electron chi connectivity index (χ4n) is 1.61. The number of amides is 1. The summed E-state index contributed by atoms with van der Waals surface area (Å²) in [6.07, 6.45) is 0.262. The van der Waals surface area contributed by atoms with Crippen molar-refractivity contribution in [2.75, 3.05) is 6.61 Å². The number of halogens is 2. The molecule has 0 aromatic heterocycles. The maximum absolute atomic E-state index is 13.0. The van der Waals surface area contributed by atoms with E-state index in [9.17, 15) is 14.0 Å². The molecule has 2 N–H and O–H groups in total. The van der Waals surface area contributed by atoms with Crippen LogP contribution in [0.2, 0.25) is 5.02 Å². The Hall–Kier alpha value is -1.82. The molecule has 7 heteroatoms. The first-order chi connectivity index (χ1) is 9.69. The second-order valence-corrected chi connectivity index (χ2v) is 5.60. The zero-order valence-corrected chi connectivity index (χ0v) is 12.5. The number of aliphatic carboxylic acids is 1. The number of rotatable bonds is 7. The number of carbonyl (C=O) groups is 2. The van der Waals surface area contributed by atoms with Gasteiger partial charge < -0.3 is 15.2 Å². The average molecular weight is 318 g/mol. The van der Waals surface area contributed by atoms with Gasteiger partial charge >= 0.3 is 5.97 Å². The van der Waals surface area contributed by atoms with Gasteiger partial charge in [-0.05, 0) is 32.4 Å². The molecule has 0 unspecified atom stereocenters. The standard InChI is InChI=1S/C14H17ClFNO4/c1-14(2,6-5-13(19)20)17-12(18)8-21-9-3-4-11(16)10(15)7-9/h3-4,7H,5-6,8H2,1-2H3,(H,17,18)(H,19,20). The minimum atomic E-state index is -0.922. The van der Waals surface area contributed by atoms with Gasteiger partial charge in [-0.1, -0.05) is 11.6 Å². The number of ether oxygens (including phenoxy) is 1. The summed E-state index contributed by atoms with van der Waals surface area (Å²) in [7, 11) is 0. The normalized spacial score (nSPS) is 11.0. The molecule has 0 saturated carbocycles. The Morgan fingerprint density at radius 3 is 2.67 bits per heavy atom. The lowest BCUT2D eigenvalue weighted by Gasteiger charge is -2.25. The Morgan fingerprint density at radius 2 is 2.10 bits per heavy atom. The molecule has 0 fully saturated rings. The number of carboxylic acids is 1. The van der Waals surface area contributed by atoms with Crippen molar-refractivity contribution in [2.45, 2.75) is 32.2 Å². The highest BCUT2D eigenvalue weighted by atomic mass is 35.5. The lowest BCUT2D eigenvalue weighted by molar-refractivity contribution is -0.138. The third-order valence-corrected chi connectivity index (χ3v) is 2.99. The van der Waals surface area contributed by atoms with Gasteiger partial charge in [-0.2, -0.15) is 0 Å².